The fraction of sp³-hybridized carbons (Fsp3) is 0.647. The normalized spacial score (nSPS) is 30.7. The molecule has 0 bridgehead atoms. The Morgan fingerprint density at radius 3 is 2.89 bits per heavy atom. The largest absolute Gasteiger partial charge is 0.314 e. The summed E-state index contributed by atoms with van der Waals surface area (Å²) in [7, 11) is 0. The van der Waals surface area contributed by atoms with Crippen LogP contribution in [0.3, 0.4) is 0 Å². The summed E-state index contributed by atoms with van der Waals surface area (Å²) >= 11 is 0. The standard InChI is InChI=1S/C17H26N2/c1-3-18-17-8-9-19(11-13(17)2)12-15-10-14-6-4-5-7-16(14)15/h4-7,13,15,17-18H,3,8-12H2,1-2H3. The van der Waals surface area contributed by atoms with Crippen molar-refractivity contribution in [3.8, 4) is 0 Å². The van der Waals surface area contributed by atoms with Crippen LogP contribution in [-0.4, -0.2) is 37.1 Å². The lowest BCUT2D eigenvalue weighted by molar-refractivity contribution is 0.138. The Labute approximate surface area is 117 Å². The molecule has 3 atom stereocenters. The molecule has 1 aromatic carbocycles. The summed E-state index contributed by atoms with van der Waals surface area (Å²) in [6.07, 6.45) is 2.60. The van der Waals surface area contributed by atoms with Gasteiger partial charge in [0.25, 0.3) is 0 Å². The summed E-state index contributed by atoms with van der Waals surface area (Å²) in [5, 5.41) is 3.63. The summed E-state index contributed by atoms with van der Waals surface area (Å²) in [5.41, 5.74) is 3.17. The molecule has 3 unspecified atom stereocenters. The minimum absolute atomic E-state index is 0.731. The summed E-state index contributed by atoms with van der Waals surface area (Å²) in [5.74, 6) is 1.57. The zero-order chi connectivity index (χ0) is 13.2. The molecule has 1 aliphatic heterocycles. The van der Waals surface area contributed by atoms with E-state index >= 15 is 0 Å². The quantitative estimate of drug-likeness (QED) is 0.893. The van der Waals surface area contributed by atoms with Crippen molar-refractivity contribution in [3.05, 3.63) is 35.4 Å². The number of fused-ring (bicyclic) bond motifs is 1. The maximum Gasteiger partial charge on any atom is 0.0117 e. The zero-order valence-electron chi connectivity index (χ0n) is 12.2. The number of benzene rings is 1. The van der Waals surface area contributed by atoms with E-state index in [2.05, 4.69) is 48.3 Å². The maximum atomic E-state index is 3.63. The summed E-state index contributed by atoms with van der Waals surface area (Å²) < 4.78 is 0. The molecular formula is C17H26N2. The van der Waals surface area contributed by atoms with Gasteiger partial charge in [-0.15, -0.1) is 0 Å². The highest BCUT2D eigenvalue weighted by atomic mass is 15.1. The molecule has 104 valence electrons. The van der Waals surface area contributed by atoms with E-state index in [9.17, 15) is 0 Å². The van der Waals surface area contributed by atoms with Crippen LogP contribution in [0.5, 0.6) is 0 Å². The Hall–Kier alpha value is -0.860. The predicted molar refractivity (Wildman–Crippen MR) is 80.6 cm³/mol. The van der Waals surface area contributed by atoms with E-state index in [0.29, 0.717) is 0 Å². The lowest BCUT2D eigenvalue weighted by Crippen LogP contribution is -2.49. The van der Waals surface area contributed by atoms with E-state index in [-0.39, 0.29) is 0 Å². The van der Waals surface area contributed by atoms with Crippen LogP contribution in [0.4, 0.5) is 0 Å². The number of nitrogens with zero attached hydrogens (tertiary/aromatic N) is 1. The first-order valence-electron chi connectivity index (χ1n) is 7.81. The topological polar surface area (TPSA) is 15.3 Å². The first-order valence-corrected chi connectivity index (χ1v) is 7.81. The third-order valence-corrected chi connectivity index (χ3v) is 4.90. The Kier molecular flexibility index (Phi) is 3.90. The Morgan fingerprint density at radius 2 is 2.16 bits per heavy atom. The molecule has 1 heterocycles. The number of nitrogens with one attached hydrogen (secondary N) is 1. The molecule has 1 N–H and O–H groups in total. The van der Waals surface area contributed by atoms with E-state index in [1.54, 1.807) is 11.1 Å². The Morgan fingerprint density at radius 1 is 1.32 bits per heavy atom. The van der Waals surface area contributed by atoms with Crippen LogP contribution in [0, 0.1) is 5.92 Å². The molecule has 2 nitrogen and oxygen atoms in total. The summed E-state index contributed by atoms with van der Waals surface area (Å²) in [6.45, 7) is 9.50. The summed E-state index contributed by atoms with van der Waals surface area (Å²) in [4.78, 5) is 2.68. The van der Waals surface area contributed by atoms with Gasteiger partial charge in [0, 0.05) is 25.0 Å². The summed E-state index contributed by atoms with van der Waals surface area (Å²) in [6, 6.07) is 9.68. The molecule has 1 aliphatic carbocycles. The Bertz CT molecular complexity index is 429. The molecule has 3 rings (SSSR count). The van der Waals surface area contributed by atoms with Gasteiger partial charge in [0.2, 0.25) is 0 Å². The Balaban J connectivity index is 1.53. The molecule has 1 aromatic rings. The van der Waals surface area contributed by atoms with Crippen molar-refractivity contribution >= 4 is 0 Å². The van der Waals surface area contributed by atoms with E-state index in [1.807, 2.05) is 0 Å². The van der Waals surface area contributed by atoms with Gasteiger partial charge >= 0.3 is 0 Å². The lowest BCUT2D eigenvalue weighted by atomic mass is 9.77. The third-order valence-electron chi connectivity index (χ3n) is 4.90. The number of hydrogen-bond acceptors (Lipinski definition) is 2. The van der Waals surface area contributed by atoms with Gasteiger partial charge in [-0.05, 0) is 43.0 Å². The molecule has 0 aromatic heterocycles. The van der Waals surface area contributed by atoms with Gasteiger partial charge in [-0.25, -0.2) is 0 Å². The molecule has 19 heavy (non-hydrogen) atoms. The van der Waals surface area contributed by atoms with Gasteiger partial charge in [0.15, 0.2) is 0 Å². The van der Waals surface area contributed by atoms with E-state index in [0.717, 1.165) is 24.4 Å². The lowest BCUT2D eigenvalue weighted by Gasteiger charge is -2.41. The zero-order valence-corrected chi connectivity index (χ0v) is 12.2. The van der Waals surface area contributed by atoms with Gasteiger partial charge in [0.1, 0.15) is 0 Å². The number of rotatable bonds is 4. The maximum absolute atomic E-state index is 3.63. The van der Waals surface area contributed by atoms with Crippen LogP contribution < -0.4 is 5.32 Å². The average molecular weight is 258 g/mol. The molecule has 2 aliphatic rings. The average Bonchev–Trinajstić information content (AvgIpc) is 2.39. The van der Waals surface area contributed by atoms with Gasteiger partial charge in [0.05, 0.1) is 0 Å². The molecule has 0 spiro atoms. The highest BCUT2D eigenvalue weighted by Crippen LogP contribution is 2.36. The van der Waals surface area contributed by atoms with Crippen molar-refractivity contribution in [2.45, 2.75) is 38.6 Å². The first kappa shape index (κ1) is 13.1. The predicted octanol–water partition coefficient (Wildman–Crippen LogP) is 2.65. The van der Waals surface area contributed by atoms with Gasteiger partial charge in [-0.3, -0.25) is 0 Å². The van der Waals surface area contributed by atoms with Crippen LogP contribution >= 0.6 is 0 Å². The van der Waals surface area contributed by atoms with Crippen LogP contribution in [0.1, 0.15) is 37.3 Å². The monoisotopic (exact) mass is 258 g/mol. The molecular weight excluding hydrogens is 232 g/mol. The van der Waals surface area contributed by atoms with Crippen molar-refractivity contribution in [1.82, 2.24) is 10.2 Å². The third kappa shape index (κ3) is 2.70. The molecule has 2 heteroatoms. The SMILES string of the molecule is CCNC1CCN(CC2Cc3ccccc32)CC1C. The minimum Gasteiger partial charge on any atom is -0.314 e. The smallest absolute Gasteiger partial charge is 0.0117 e. The molecule has 0 saturated carbocycles. The highest BCUT2D eigenvalue weighted by molar-refractivity contribution is 5.40. The van der Waals surface area contributed by atoms with E-state index in [1.165, 1.54) is 32.5 Å². The van der Waals surface area contributed by atoms with Crippen molar-refractivity contribution in [1.29, 1.82) is 0 Å². The van der Waals surface area contributed by atoms with Gasteiger partial charge in [-0.1, -0.05) is 38.1 Å². The second-order valence-corrected chi connectivity index (χ2v) is 6.29. The molecule has 0 amide bonds. The van der Waals surface area contributed by atoms with Crippen LogP contribution in [-0.2, 0) is 6.42 Å². The number of hydrogen-bond donors (Lipinski definition) is 1. The van der Waals surface area contributed by atoms with Crippen LogP contribution in [0.2, 0.25) is 0 Å². The number of likely N-dealkylation sites (tertiary alicyclic amines) is 1. The first-order chi connectivity index (χ1) is 9.28. The van der Waals surface area contributed by atoms with Gasteiger partial charge in [-0.2, -0.15) is 0 Å². The van der Waals surface area contributed by atoms with Crippen molar-refractivity contribution in [2.75, 3.05) is 26.2 Å². The van der Waals surface area contributed by atoms with Crippen LogP contribution in [0.25, 0.3) is 0 Å². The minimum atomic E-state index is 0.731. The molecule has 0 radical (unpaired) electrons. The number of piperidine rings is 1. The second-order valence-electron chi connectivity index (χ2n) is 6.29. The fourth-order valence-electron chi connectivity index (χ4n) is 3.80. The highest BCUT2D eigenvalue weighted by Gasteiger charge is 2.31. The van der Waals surface area contributed by atoms with Crippen molar-refractivity contribution < 1.29 is 0 Å². The van der Waals surface area contributed by atoms with E-state index in [4.69, 9.17) is 0 Å². The second kappa shape index (κ2) is 5.64. The molecule has 1 fully saturated rings. The van der Waals surface area contributed by atoms with E-state index < -0.39 is 0 Å². The fourth-order valence-corrected chi connectivity index (χ4v) is 3.80. The van der Waals surface area contributed by atoms with Gasteiger partial charge < -0.3 is 10.2 Å². The molecule has 1 saturated heterocycles. The van der Waals surface area contributed by atoms with Crippen LogP contribution in [0.15, 0.2) is 24.3 Å². The van der Waals surface area contributed by atoms with Crippen molar-refractivity contribution in [3.63, 3.8) is 0 Å². The van der Waals surface area contributed by atoms with Crippen molar-refractivity contribution in [2.24, 2.45) is 5.92 Å².